The first-order valence-electron chi connectivity index (χ1n) is 15.6. The second-order valence-corrected chi connectivity index (χ2v) is 11.4. The van der Waals surface area contributed by atoms with Gasteiger partial charge >= 0.3 is 0 Å². The van der Waals surface area contributed by atoms with Crippen LogP contribution in [0.2, 0.25) is 0 Å². The minimum atomic E-state index is 0.852. The predicted molar refractivity (Wildman–Crippen MR) is 193 cm³/mol. The number of rotatable bonds is 7. The topological polar surface area (TPSA) is 16.4 Å². The first-order chi connectivity index (χ1) is 22.8. The summed E-state index contributed by atoms with van der Waals surface area (Å²) in [6.45, 7) is 0. The van der Waals surface area contributed by atoms with Crippen molar-refractivity contribution in [2.45, 2.75) is 0 Å². The molecule has 0 spiro atoms. The standard InChI is InChI=1S/C44H31NO/c1-4-13-32(14-5-1)35-23-25-40(26-24-35)45(41-21-12-20-36(28-41)44-31-37-19-10-11-22-43(37)46-44)42-29-38(33-15-6-2-7-16-33)27-39(30-42)34-17-8-3-9-18-34/h1-31H. The van der Waals surface area contributed by atoms with E-state index >= 15 is 0 Å². The van der Waals surface area contributed by atoms with Gasteiger partial charge in [-0.05, 0) is 88.0 Å². The van der Waals surface area contributed by atoms with E-state index in [2.05, 4.69) is 175 Å². The number of furan rings is 1. The molecule has 0 aliphatic heterocycles. The van der Waals surface area contributed by atoms with Crippen LogP contribution < -0.4 is 4.90 Å². The van der Waals surface area contributed by atoms with Gasteiger partial charge < -0.3 is 9.32 Å². The van der Waals surface area contributed by atoms with Crippen LogP contribution in [0.25, 0.3) is 55.7 Å². The largest absolute Gasteiger partial charge is 0.456 e. The Morgan fingerprint density at radius 3 is 1.41 bits per heavy atom. The summed E-state index contributed by atoms with van der Waals surface area (Å²) >= 11 is 0. The summed E-state index contributed by atoms with van der Waals surface area (Å²) in [5.74, 6) is 0.852. The van der Waals surface area contributed by atoms with Crippen molar-refractivity contribution in [3.63, 3.8) is 0 Å². The van der Waals surface area contributed by atoms with Crippen molar-refractivity contribution in [3.05, 3.63) is 188 Å². The third-order valence-electron chi connectivity index (χ3n) is 8.44. The Kier molecular flexibility index (Phi) is 7.22. The van der Waals surface area contributed by atoms with E-state index in [0.717, 1.165) is 50.5 Å². The molecule has 0 N–H and O–H groups in total. The van der Waals surface area contributed by atoms with E-state index in [-0.39, 0.29) is 0 Å². The molecule has 8 rings (SSSR count). The Labute approximate surface area is 269 Å². The lowest BCUT2D eigenvalue weighted by atomic mass is 9.97. The molecule has 0 saturated carbocycles. The van der Waals surface area contributed by atoms with Gasteiger partial charge in [-0.1, -0.05) is 133 Å². The summed E-state index contributed by atoms with van der Waals surface area (Å²) in [7, 11) is 0. The van der Waals surface area contributed by atoms with Crippen molar-refractivity contribution < 1.29 is 4.42 Å². The number of hydrogen-bond donors (Lipinski definition) is 0. The highest BCUT2D eigenvalue weighted by molar-refractivity contribution is 5.88. The molecule has 46 heavy (non-hydrogen) atoms. The maximum atomic E-state index is 6.30. The van der Waals surface area contributed by atoms with Gasteiger partial charge in [-0.2, -0.15) is 0 Å². The van der Waals surface area contributed by atoms with E-state index in [1.54, 1.807) is 0 Å². The fourth-order valence-electron chi connectivity index (χ4n) is 6.14. The SMILES string of the molecule is c1ccc(-c2ccc(N(c3cc(-c4ccccc4)cc(-c4ccccc4)c3)c3cccc(-c4cc5ccccc5o4)c3)cc2)cc1. The smallest absolute Gasteiger partial charge is 0.135 e. The van der Waals surface area contributed by atoms with Crippen LogP contribution in [-0.2, 0) is 0 Å². The van der Waals surface area contributed by atoms with Crippen molar-refractivity contribution in [2.24, 2.45) is 0 Å². The average molecular weight is 590 g/mol. The number of nitrogens with zero attached hydrogens (tertiary/aromatic N) is 1. The Bertz CT molecular complexity index is 2140. The molecule has 7 aromatic carbocycles. The van der Waals surface area contributed by atoms with Gasteiger partial charge in [0.15, 0.2) is 0 Å². The number of benzene rings is 7. The molecular formula is C44H31NO. The van der Waals surface area contributed by atoms with Gasteiger partial charge in [0.05, 0.1) is 0 Å². The highest BCUT2D eigenvalue weighted by Crippen LogP contribution is 2.41. The van der Waals surface area contributed by atoms with Crippen molar-refractivity contribution >= 4 is 28.0 Å². The molecule has 0 amide bonds. The monoisotopic (exact) mass is 589 g/mol. The summed E-state index contributed by atoms with van der Waals surface area (Å²) in [4.78, 5) is 2.35. The molecule has 0 radical (unpaired) electrons. The molecule has 1 aromatic heterocycles. The molecule has 0 aliphatic carbocycles. The van der Waals surface area contributed by atoms with Crippen molar-refractivity contribution in [1.82, 2.24) is 0 Å². The second-order valence-electron chi connectivity index (χ2n) is 11.4. The average Bonchev–Trinajstić information content (AvgIpc) is 3.58. The molecular weight excluding hydrogens is 558 g/mol. The zero-order chi connectivity index (χ0) is 30.7. The van der Waals surface area contributed by atoms with Gasteiger partial charge in [-0.15, -0.1) is 0 Å². The second kappa shape index (κ2) is 12.1. The molecule has 0 aliphatic rings. The van der Waals surface area contributed by atoms with Crippen LogP contribution in [0.5, 0.6) is 0 Å². The Morgan fingerprint density at radius 1 is 0.304 bits per heavy atom. The summed E-state index contributed by atoms with van der Waals surface area (Å²) in [6, 6.07) is 66.4. The normalized spacial score (nSPS) is 11.0. The van der Waals surface area contributed by atoms with Crippen LogP contribution in [-0.4, -0.2) is 0 Å². The fourth-order valence-corrected chi connectivity index (χ4v) is 6.14. The van der Waals surface area contributed by atoms with Gasteiger partial charge in [0.1, 0.15) is 11.3 Å². The lowest BCUT2D eigenvalue weighted by molar-refractivity contribution is 0.631. The van der Waals surface area contributed by atoms with Crippen molar-refractivity contribution in [1.29, 1.82) is 0 Å². The van der Waals surface area contributed by atoms with Crippen molar-refractivity contribution in [3.8, 4) is 44.7 Å². The number of anilines is 3. The number of hydrogen-bond acceptors (Lipinski definition) is 2. The lowest BCUT2D eigenvalue weighted by Crippen LogP contribution is -2.10. The fraction of sp³-hybridized carbons (Fsp3) is 0. The highest BCUT2D eigenvalue weighted by atomic mass is 16.3. The highest BCUT2D eigenvalue weighted by Gasteiger charge is 2.17. The quantitative estimate of drug-likeness (QED) is 0.184. The van der Waals surface area contributed by atoms with E-state index < -0.39 is 0 Å². The summed E-state index contributed by atoms with van der Waals surface area (Å²) in [5.41, 5.74) is 12.2. The summed E-state index contributed by atoms with van der Waals surface area (Å²) < 4.78 is 6.30. The van der Waals surface area contributed by atoms with Gasteiger partial charge in [-0.25, -0.2) is 0 Å². The zero-order valence-electron chi connectivity index (χ0n) is 25.3. The molecule has 8 aromatic rings. The van der Waals surface area contributed by atoms with E-state index in [4.69, 9.17) is 4.42 Å². The molecule has 2 heteroatoms. The Hall–Kier alpha value is -6.12. The van der Waals surface area contributed by atoms with Gasteiger partial charge in [0.2, 0.25) is 0 Å². The third-order valence-corrected chi connectivity index (χ3v) is 8.44. The molecule has 0 bridgehead atoms. The summed E-state index contributed by atoms with van der Waals surface area (Å²) in [6.07, 6.45) is 0. The van der Waals surface area contributed by atoms with E-state index in [1.165, 1.54) is 22.3 Å². The van der Waals surface area contributed by atoms with Crippen LogP contribution in [0.15, 0.2) is 192 Å². The van der Waals surface area contributed by atoms with Gasteiger partial charge in [0, 0.05) is 28.0 Å². The Morgan fingerprint density at radius 2 is 0.804 bits per heavy atom. The van der Waals surface area contributed by atoms with Crippen LogP contribution >= 0.6 is 0 Å². The molecule has 0 atom stereocenters. The molecule has 0 fully saturated rings. The van der Waals surface area contributed by atoms with Gasteiger partial charge in [-0.3, -0.25) is 0 Å². The van der Waals surface area contributed by atoms with Gasteiger partial charge in [0.25, 0.3) is 0 Å². The van der Waals surface area contributed by atoms with E-state index in [9.17, 15) is 0 Å². The minimum absolute atomic E-state index is 0.852. The van der Waals surface area contributed by atoms with E-state index in [1.807, 2.05) is 18.2 Å². The molecule has 218 valence electrons. The third kappa shape index (κ3) is 5.49. The molecule has 1 heterocycles. The van der Waals surface area contributed by atoms with Crippen LogP contribution in [0.1, 0.15) is 0 Å². The molecule has 0 saturated heterocycles. The van der Waals surface area contributed by atoms with Crippen LogP contribution in [0.4, 0.5) is 17.1 Å². The zero-order valence-corrected chi connectivity index (χ0v) is 25.3. The minimum Gasteiger partial charge on any atom is -0.456 e. The number of fused-ring (bicyclic) bond motifs is 1. The molecule has 2 nitrogen and oxygen atoms in total. The number of para-hydroxylation sites is 1. The predicted octanol–water partition coefficient (Wildman–Crippen LogP) is 12.6. The maximum absolute atomic E-state index is 6.30. The van der Waals surface area contributed by atoms with Crippen LogP contribution in [0.3, 0.4) is 0 Å². The molecule has 0 unspecified atom stereocenters. The maximum Gasteiger partial charge on any atom is 0.135 e. The van der Waals surface area contributed by atoms with Crippen molar-refractivity contribution in [2.75, 3.05) is 4.90 Å². The Balaban J connectivity index is 1.31. The first kappa shape index (κ1) is 27.4. The summed E-state index contributed by atoms with van der Waals surface area (Å²) in [5, 5.41) is 1.10. The van der Waals surface area contributed by atoms with E-state index in [0.29, 0.717) is 0 Å². The first-order valence-corrected chi connectivity index (χ1v) is 15.6. The van der Waals surface area contributed by atoms with Crippen LogP contribution in [0, 0.1) is 0 Å². The lowest BCUT2D eigenvalue weighted by Gasteiger charge is -2.27.